The van der Waals surface area contributed by atoms with E-state index in [1.165, 1.54) is 0 Å². The fourth-order valence-corrected chi connectivity index (χ4v) is 5.32. The number of hydrogen-bond acceptors (Lipinski definition) is 6. The summed E-state index contributed by atoms with van der Waals surface area (Å²) >= 11 is 0. The number of para-hydroxylation sites is 3. The lowest BCUT2D eigenvalue weighted by molar-refractivity contribution is 0.375. The summed E-state index contributed by atoms with van der Waals surface area (Å²) < 4.78 is 26.8. The van der Waals surface area contributed by atoms with E-state index in [9.17, 15) is 4.57 Å². The third-order valence-corrected chi connectivity index (χ3v) is 7.22. The van der Waals surface area contributed by atoms with Crippen molar-refractivity contribution in [2.75, 3.05) is 5.32 Å². The molecule has 0 aliphatic heterocycles. The van der Waals surface area contributed by atoms with Crippen molar-refractivity contribution in [3.05, 3.63) is 115 Å². The van der Waals surface area contributed by atoms with Crippen LogP contribution in [0.25, 0.3) is 0 Å². The maximum atomic E-state index is 14.6. The minimum Gasteiger partial charge on any atom is -0.414 e. The quantitative estimate of drug-likeness (QED) is 0.278. The van der Waals surface area contributed by atoms with Crippen LogP contribution in [-0.2, 0) is 4.57 Å². The van der Waals surface area contributed by atoms with Crippen molar-refractivity contribution in [1.82, 2.24) is 9.97 Å². The van der Waals surface area contributed by atoms with E-state index in [4.69, 9.17) is 14.0 Å². The Morgan fingerprint density at radius 3 is 1.88 bits per heavy atom. The molecule has 33 heavy (non-hydrogen) atoms. The molecule has 0 spiro atoms. The lowest BCUT2D eigenvalue weighted by atomic mass is 10.3. The summed E-state index contributed by atoms with van der Waals surface area (Å²) in [6.07, 6.45) is 3.85. The minimum atomic E-state index is -3.89. The summed E-state index contributed by atoms with van der Waals surface area (Å²) in [7, 11) is -3.89. The topological polar surface area (TPSA) is 73.3 Å². The van der Waals surface area contributed by atoms with Gasteiger partial charge in [0.05, 0.1) is 5.69 Å². The first-order chi connectivity index (χ1) is 16.2. The average molecular weight is 457 g/mol. The van der Waals surface area contributed by atoms with Crippen molar-refractivity contribution in [2.45, 2.75) is 24.5 Å². The smallest absolute Gasteiger partial charge is 0.414 e. The molecule has 5 rings (SSSR count). The molecule has 6 nitrogen and oxygen atoms in total. The summed E-state index contributed by atoms with van der Waals surface area (Å²) in [6, 6.07) is 29.5. The van der Waals surface area contributed by atoms with Gasteiger partial charge in [0, 0.05) is 17.8 Å². The first-order valence-corrected chi connectivity index (χ1v) is 12.5. The van der Waals surface area contributed by atoms with Gasteiger partial charge >= 0.3 is 7.60 Å². The largest absolute Gasteiger partial charge is 0.459 e. The van der Waals surface area contributed by atoms with E-state index < -0.39 is 13.4 Å². The lowest BCUT2D eigenvalue weighted by Crippen LogP contribution is -2.20. The molecule has 1 aromatic heterocycles. The SMILES string of the molecule is O=P(Oc1ccccc1)(Oc1ccccc1)C(Nc1ccccc1)c1ccnc(C2CC2)n1. The second-order valence-electron chi connectivity index (χ2n) is 7.88. The summed E-state index contributed by atoms with van der Waals surface area (Å²) in [6.45, 7) is 0. The first-order valence-electron chi connectivity index (χ1n) is 10.9. The monoisotopic (exact) mass is 457 g/mol. The van der Waals surface area contributed by atoms with Gasteiger partial charge in [-0.3, -0.25) is 0 Å². The molecular formula is C26H24N3O3P. The van der Waals surface area contributed by atoms with Gasteiger partial charge in [0.2, 0.25) is 0 Å². The summed E-state index contributed by atoms with van der Waals surface area (Å²) in [5.74, 6) is 1.16. The molecule has 1 aliphatic carbocycles. The predicted molar refractivity (Wildman–Crippen MR) is 129 cm³/mol. The van der Waals surface area contributed by atoms with Crippen LogP contribution in [0.2, 0.25) is 0 Å². The van der Waals surface area contributed by atoms with Crippen molar-refractivity contribution in [2.24, 2.45) is 0 Å². The van der Waals surface area contributed by atoms with E-state index in [2.05, 4.69) is 10.3 Å². The Hall–Kier alpha value is -3.63. The van der Waals surface area contributed by atoms with Gasteiger partial charge in [-0.15, -0.1) is 0 Å². The lowest BCUT2D eigenvalue weighted by Gasteiger charge is -2.28. The molecular weight excluding hydrogens is 433 g/mol. The van der Waals surface area contributed by atoms with Crippen LogP contribution >= 0.6 is 7.60 Å². The van der Waals surface area contributed by atoms with Crippen LogP contribution in [0, 0.1) is 0 Å². The van der Waals surface area contributed by atoms with Gasteiger partial charge in [-0.05, 0) is 55.3 Å². The van der Waals surface area contributed by atoms with Crippen LogP contribution in [-0.4, -0.2) is 9.97 Å². The molecule has 1 unspecified atom stereocenters. The number of hydrogen-bond donors (Lipinski definition) is 1. The van der Waals surface area contributed by atoms with Crippen molar-refractivity contribution in [3.63, 3.8) is 0 Å². The maximum Gasteiger partial charge on any atom is 0.459 e. The zero-order valence-corrected chi connectivity index (χ0v) is 18.8. The second-order valence-corrected chi connectivity index (χ2v) is 9.84. The Balaban J connectivity index is 1.59. The maximum absolute atomic E-state index is 14.6. The Kier molecular flexibility index (Phi) is 6.09. The number of benzene rings is 3. The number of anilines is 1. The number of aromatic nitrogens is 2. The fraction of sp³-hybridized carbons (Fsp3) is 0.154. The Morgan fingerprint density at radius 1 is 0.788 bits per heavy atom. The third-order valence-electron chi connectivity index (χ3n) is 5.26. The number of nitrogens with zero attached hydrogens (tertiary/aromatic N) is 2. The van der Waals surface area contributed by atoms with Gasteiger partial charge in [-0.2, -0.15) is 0 Å². The highest BCUT2D eigenvalue weighted by molar-refractivity contribution is 7.55. The normalized spacial score (nSPS) is 14.3. The van der Waals surface area contributed by atoms with E-state index in [-0.39, 0.29) is 0 Å². The summed E-state index contributed by atoms with van der Waals surface area (Å²) in [4.78, 5) is 9.21. The molecule has 1 saturated carbocycles. The van der Waals surface area contributed by atoms with Gasteiger partial charge in [0.1, 0.15) is 17.3 Å². The van der Waals surface area contributed by atoms with Crippen molar-refractivity contribution < 1.29 is 13.6 Å². The molecule has 0 saturated heterocycles. The van der Waals surface area contributed by atoms with E-state index in [0.29, 0.717) is 23.1 Å². The van der Waals surface area contributed by atoms with Crippen LogP contribution < -0.4 is 14.4 Å². The van der Waals surface area contributed by atoms with Gasteiger partial charge in [0.25, 0.3) is 0 Å². The molecule has 166 valence electrons. The van der Waals surface area contributed by atoms with Gasteiger partial charge < -0.3 is 14.4 Å². The fourth-order valence-electron chi connectivity index (χ4n) is 3.47. The zero-order chi connectivity index (χ0) is 22.5. The van der Waals surface area contributed by atoms with Crippen molar-refractivity contribution >= 4 is 13.3 Å². The number of nitrogens with one attached hydrogen (secondary N) is 1. The molecule has 1 aliphatic rings. The number of rotatable bonds is 9. The van der Waals surface area contributed by atoms with E-state index >= 15 is 0 Å². The predicted octanol–water partition coefficient (Wildman–Crippen LogP) is 6.82. The van der Waals surface area contributed by atoms with Crippen LogP contribution in [0.3, 0.4) is 0 Å². The molecule has 4 aromatic rings. The summed E-state index contributed by atoms with van der Waals surface area (Å²) in [5.41, 5.74) is 1.34. The molecule has 1 heterocycles. The molecule has 1 N–H and O–H groups in total. The molecule has 0 bridgehead atoms. The van der Waals surface area contributed by atoms with Crippen LogP contribution in [0.1, 0.15) is 36.1 Å². The van der Waals surface area contributed by atoms with Crippen LogP contribution in [0.5, 0.6) is 11.5 Å². The van der Waals surface area contributed by atoms with Gasteiger partial charge in [-0.25, -0.2) is 14.5 Å². The first kappa shape index (κ1) is 21.2. The van der Waals surface area contributed by atoms with E-state index in [1.807, 2.05) is 66.7 Å². The van der Waals surface area contributed by atoms with E-state index in [0.717, 1.165) is 24.4 Å². The zero-order valence-electron chi connectivity index (χ0n) is 18.0. The Morgan fingerprint density at radius 2 is 1.33 bits per heavy atom. The van der Waals surface area contributed by atoms with Crippen LogP contribution in [0.4, 0.5) is 5.69 Å². The van der Waals surface area contributed by atoms with E-state index in [1.54, 1.807) is 36.5 Å². The van der Waals surface area contributed by atoms with Crippen molar-refractivity contribution in [1.29, 1.82) is 0 Å². The standard InChI is InChI=1S/C26H24N3O3P/c30-33(31-22-12-6-2-7-13-22,32-23-14-8-3-9-15-23)26(28-21-10-4-1-5-11-21)24-18-19-27-25(29-24)20-16-17-20/h1-15,18-20,26,28H,16-17H2. The van der Waals surface area contributed by atoms with Gasteiger partial charge in [0.15, 0.2) is 5.78 Å². The van der Waals surface area contributed by atoms with Crippen molar-refractivity contribution in [3.8, 4) is 11.5 Å². The highest BCUT2D eigenvalue weighted by Crippen LogP contribution is 2.60. The second kappa shape index (κ2) is 9.47. The average Bonchev–Trinajstić information content (AvgIpc) is 3.70. The molecule has 7 heteroatoms. The molecule has 1 atom stereocenters. The third kappa shape index (κ3) is 5.24. The molecule has 3 aromatic carbocycles. The Labute approximate surface area is 193 Å². The minimum absolute atomic E-state index is 0.354. The molecule has 1 fully saturated rings. The Bertz CT molecular complexity index is 1190. The van der Waals surface area contributed by atoms with Gasteiger partial charge in [-0.1, -0.05) is 54.6 Å². The molecule has 0 amide bonds. The summed E-state index contributed by atoms with van der Waals surface area (Å²) in [5, 5.41) is 3.36. The highest BCUT2D eigenvalue weighted by atomic mass is 31.2. The molecule has 0 radical (unpaired) electrons. The van der Waals surface area contributed by atoms with Crippen LogP contribution in [0.15, 0.2) is 103 Å². The highest BCUT2D eigenvalue weighted by Gasteiger charge is 2.42.